The summed E-state index contributed by atoms with van der Waals surface area (Å²) in [7, 11) is 0. The van der Waals surface area contributed by atoms with Crippen LogP contribution in [0.2, 0.25) is 0 Å². The van der Waals surface area contributed by atoms with E-state index in [0.717, 1.165) is 44.5 Å². The fourth-order valence-corrected chi connectivity index (χ4v) is 3.85. The molecule has 2 heterocycles. The lowest BCUT2D eigenvalue weighted by Gasteiger charge is -2.34. The third-order valence-corrected chi connectivity index (χ3v) is 5.11. The molecule has 1 atom stereocenters. The van der Waals surface area contributed by atoms with Crippen LogP contribution in [-0.2, 0) is 16.0 Å². The molecule has 1 aromatic rings. The SMILES string of the molecule is CCCC(=O)N1CCC(C(=O)N2c3ccccc3C[C@H]2C)CC1. The van der Waals surface area contributed by atoms with Crippen molar-refractivity contribution in [2.75, 3.05) is 18.0 Å². The number of hydrogen-bond acceptors (Lipinski definition) is 2. The summed E-state index contributed by atoms with van der Waals surface area (Å²) in [6.07, 6.45) is 4.03. The van der Waals surface area contributed by atoms with Crippen molar-refractivity contribution in [3.63, 3.8) is 0 Å². The van der Waals surface area contributed by atoms with E-state index in [4.69, 9.17) is 0 Å². The minimum Gasteiger partial charge on any atom is -0.343 e. The molecule has 0 unspecified atom stereocenters. The second-order valence-electron chi connectivity index (χ2n) is 6.80. The number of carbonyl (C=O) groups is 2. The van der Waals surface area contributed by atoms with Crippen molar-refractivity contribution in [3.05, 3.63) is 29.8 Å². The van der Waals surface area contributed by atoms with E-state index in [0.29, 0.717) is 6.42 Å². The van der Waals surface area contributed by atoms with Crippen molar-refractivity contribution >= 4 is 17.5 Å². The first kappa shape index (κ1) is 16.0. The lowest BCUT2D eigenvalue weighted by atomic mass is 9.94. The average Bonchev–Trinajstić information content (AvgIpc) is 2.90. The molecular formula is C19H26N2O2. The maximum atomic E-state index is 13.0. The predicted octanol–water partition coefficient (Wildman–Crippen LogP) is 3.00. The molecule has 23 heavy (non-hydrogen) atoms. The average molecular weight is 314 g/mol. The number of likely N-dealkylation sites (tertiary alicyclic amines) is 1. The Morgan fingerprint density at radius 3 is 2.57 bits per heavy atom. The second-order valence-corrected chi connectivity index (χ2v) is 6.80. The highest BCUT2D eigenvalue weighted by atomic mass is 16.2. The highest BCUT2D eigenvalue weighted by Gasteiger charge is 2.36. The first-order valence-electron chi connectivity index (χ1n) is 8.80. The second kappa shape index (κ2) is 6.73. The fourth-order valence-electron chi connectivity index (χ4n) is 3.85. The Morgan fingerprint density at radius 1 is 1.17 bits per heavy atom. The zero-order valence-corrected chi connectivity index (χ0v) is 14.1. The van der Waals surface area contributed by atoms with Gasteiger partial charge in [-0.15, -0.1) is 0 Å². The number of carbonyl (C=O) groups excluding carboxylic acids is 2. The molecule has 0 bridgehead atoms. The predicted molar refractivity (Wildman–Crippen MR) is 91.3 cm³/mol. The van der Waals surface area contributed by atoms with Gasteiger partial charge in [0.15, 0.2) is 0 Å². The number of anilines is 1. The first-order valence-corrected chi connectivity index (χ1v) is 8.80. The lowest BCUT2D eigenvalue weighted by Crippen LogP contribution is -2.46. The molecule has 0 aromatic heterocycles. The van der Waals surface area contributed by atoms with Crippen molar-refractivity contribution < 1.29 is 9.59 Å². The molecule has 1 aromatic carbocycles. The van der Waals surface area contributed by atoms with Crippen LogP contribution in [0.3, 0.4) is 0 Å². The van der Waals surface area contributed by atoms with Crippen LogP contribution in [0.4, 0.5) is 5.69 Å². The summed E-state index contributed by atoms with van der Waals surface area (Å²) in [6, 6.07) is 8.45. The van der Waals surface area contributed by atoms with Gasteiger partial charge in [0.1, 0.15) is 0 Å². The van der Waals surface area contributed by atoms with Crippen molar-refractivity contribution in [2.45, 2.75) is 52.0 Å². The van der Waals surface area contributed by atoms with Crippen LogP contribution in [0.1, 0.15) is 45.1 Å². The number of benzene rings is 1. The Morgan fingerprint density at radius 2 is 1.87 bits per heavy atom. The number of para-hydroxylation sites is 1. The Kier molecular flexibility index (Phi) is 4.69. The Bertz CT molecular complexity index is 591. The van der Waals surface area contributed by atoms with E-state index in [1.54, 1.807) is 0 Å². The molecular weight excluding hydrogens is 288 g/mol. The minimum absolute atomic E-state index is 0.0503. The number of rotatable bonds is 3. The first-order chi connectivity index (χ1) is 11.1. The molecule has 2 amide bonds. The van der Waals surface area contributed by atoms with Crippen molar-refractivity contribution in [1.29, 1.82) is 0 Å². The molecule has 0 radical (unpaired) electrons. The number of nitrogens with zero attached hydrogens (tertiary/aromatic N) is 2. The third kappa shape index (κ3) is 3.12. The molecule has 124 valence electrons. The van der Waals surface area contributed by atoms with Gasteiger partial charge in [-0.1, -0.05) is 25.1 Å². The molecule has 0 N–H and O–H groups in total. The maximum absolute atomic E-state index is 13.0. The van der Waals surface area contributed by atoms with Gasteiger partial charge >= 0.3 is 0 Å². The standard InChI is InChI=1S/C19H26N2O2/c1-3-6-18(22)20-11-9-15(10-12-20)19(23)21-14(2)13-16-7-4-5-8-17(16)21/h4-5,7-8,14-15H,3,6,9-13H2,1-2H3/t14-/m1/s1. The zero-order chi connectivity index (χ0) is 16.4. The topological polar surface area (TPSA) is 40.6 Å². The van der Waals surface area contributed by atoms with E-state index in [1.807, 2.05) is 28.9 Å². The molecule has 0 spiro atoms. The Hall–Kier alpha value is -1.84. The largest absolute Gasteiger partial charge is 0.343 e. The monoisotopic (exact) mass is 314 g/mol. The minimum atomic E-state index is 0.0503. The van der Waals surface area contributed by atoms with E-state index in [2.05, 4.69) is 19.1 Å². The third-order valence-electron chi connectivity index (χ3n) is 5.11. The quantitative estimate of drug-likeness (QED) is 0.860. The summed E-state index contributed by atoms with van der Waals surface area (Å²) < 4.78 is 0. The fraction of sp³-hybridized carbons (Fsp3) is 0.579. The molecule has 2 aliphatic rings. The lowest BCUT2D eigenvalue weighted by molar-refractivity contribution is -0.135. The molecule has 1 saturated heterocycles. The normalized spacial score (nSPS) is 21.4. The Labute approximate surface area is 138 Å². The van der Waals surface area contributed by atoms with E-state index < -0.39 is 0 Å². The summed E-state index contributed by atoms with van der Waals surface area (Å²) >= 11 is 0. The van der Waals surface area contributed by atoms with Crippen molar-refractivity contribution in [3.8, 4) is 0 Å². The van der Waals surface area contributed by atoms with Gasteiger partial charge < -0.3 is 9.80 Å². The van der Waals surface area contributed by atoms with Gasteiger partial charge in [-0.25, -0.2) is 0 Å². The molecule has 4 nitrogen and oxygen atoms in total. The van der Waals surface area contributed by atoms with Crippen LogP contribution in [-0.4, -0.2) is 35.8 Å². The van der Waals surface area contributed by atoms with E-state index in [-0.39, 0.29) is 23.8 Å². The van der Waals surface area contributed by atoms with E-state index >= 15 is 0 Å². The molecule has 3 rings (SSSR count). The van der Waals surface area contributed by atoms with Crippen LogP contribution in [0.5, 0.6) is 0 Å². The van der Waals surface area contributed by atoms with Crippen molar-refractivity contribution in [2.24, 2.45) is 5.92 Å². The summed E-state index contributed by atoms with van der Waals surface area (Å²) in [5.74, 6) is 0.526. The van der Waals surface area contributed by atoms with Crippen LogP contribution in [0, 0.1) is 5.92 Å². The van der Waals surface area contributed by atoms with E-state index in [1.165, 1.54) is 5.56 Å². The zero-order valence-electron chi connectivity index (χ0n) is 14.1. The van der Waals surface area contributed by atoms with Gasteiger partial charge in [0.2, 0.25) is 11.8 Å². The van der Waals surface area contributed by atoms with Crippen LogP contribution < -0.4 is 4.90 Å². The molecule has 1 fully saturated rings. The summed E-state index contributed by atoms with van der Waals surface area (Å²) in [4.78, 5) is 28.9. The van der Waals surface area contributed by atoms with Gasteiger partial charge in [0.25, 0.3) is 0 Å². The number of piperidine rings is 1. The van der Waals surface area contributed by atoms with Crippen molar-refractivity contribution in [1.82, 2.24) is 4.90 Å². The smallest absolute Gasteiger partial charge is 0.230 e. The number of amides is 2. The van der Waals surface area contributed by atoms with Gasteiger partial charge in [0, 0.05) is 37.2 Å². The Balaban J connectivity index is 1.65. The highest BCUT2D eigenvalue weighted by Crippen LogP contribution is 2.34. The molecule has 2 aliphatic heterocycles. The van der Waals surface area contributed by atoms with Gasteiger partial charge in [-0.2, -0.15) is 0 Å². The van der Waals surface area contributed by atoms with Crippen LogP contribution in [0.15, 0.2) is 24.3 Å². The summed E-state index contributed by atoms with van der Waals surface area (Å²) in [6.45, 7) is 5.59. The number of hydrogen-bond donors (Lipinski definition) is 0. The summed E-state index contributed by atoms with van der Waals surface area (Å²) in [5.41, 5.74) is 2.35. The number of fused-ring (bicyclic) bond motifs is 1. The van der Waals surface area contributed by atoms with Gasteiger partial charge in [0.05, 0.1) is 0 Å². The van der Waals surface area contributed by atoms with Crippen LogP contribution >= 0.6 is 0 Å². The summed E-state index contributed by atoms with van der Waals surface area (Å²) in [5, 5.41) is 0. The maximum Gasteiger partial charge on any atom is 0.230 e. The van der Waals surface area contributed by atoms with Gasteiger partial charge in [-0.3, -0.25) is 9.59 Å². The van der Waals surface area contributed by atoms with Crippen LogP contribution in [0.25, 0.3) is 0 Å². The molecule has 0 saturated carbocycles. The molecule has 4 heteroatoms. The highest BCUT2D eigenvalue weighted by molar-refractivity contribution is 5.97. The molecule has 0 aliphatic carbocycles. The van der Waals surface area contributed by atoms with Gasteiger partial charge in [-0.05, 0) is 44.2 Å². The van der Waals surface area contributed by atoms with E-state index in [9.17, 15) is 9.59 Å².